The quantitative estimate of drug-likeness (QED) is 0.750. The van der Waals surface area contributed by atoms with Crippen molar-refractivity contribution in [1.82, 2.24) is 4.90 Å². The van der Waals surface area contributed by atoms with Gasteiger partial charge in [-0.05, 0) is 48.5 Å². The van der Waals surface area contributed by atoms with E-state index >= 15 is 0 Å². The largest absolute Gasteiger partial charge is 0.298 e. The molecule has 1 aromatic carbocycles. The average Bonchev–Trinajstić information content (AvgIpc) is 3.00. The van der Waals surface area contributed by atoms with Gasteiger partial charge in [-0.2, -0.15) is 0 Å². The molecule has 4 unspecified atom stereocenters. The lowest BCUT2D eigenvalue weighted by Gasteiger charge is -2.22. The van der Waals surface area contributed by atoms with E-state index in [0.717, 1.165) is 23.7 Å². The Labute approximate surface area is 104 Å². The minimum absolute atomic E-state index is 1.05. The van der Waals surface area contributed by atoms with E-state index in [2.05, 4.69) is 35.2 Å². The number of nitrogens with zero attached hydrogens (tertiary/aromatic N) is 1. The van der Waals surface area contributed by atoms with Crippen LogP contribution in [0.3, 0.4) is 0 Å². The summed E-state index contributed by atoms with van der Waals surface area (Å²) in [7, 11) is 0. The number of hydrogen-bond donors (Lipinski definition) is 0. The molecule has 1 saturated heterocycles. The van der Waals surface area contributed by atoms with Gasteiger partial charge in [0.25, 0.3) is 0 Å². The third-order valence-corrected chi connectivity index (χ3v) is 5.46. The first-order chi connectivity index (χ1) is 8.40. The van der Waals surface area contributed by atoms with Crippen LogP contribution in [0, 0.1) is 23.7 Å². The zero-order valence-corrected chi connectivity index (χ0v) is 10.4. The fraction of sp³-hybridized carbons (Fsp3) is 0.625. The van der Waals surface area contributed by atoms with E-state index in [-0.39, 0.29) is 0 Å². The van der Waals surface area contributed by atoms with Gasteiger partial charge < -0.3 is 0 Å². The smallest absolute Gasteiger partial charge is 0.0233 e. The molecule has 1 heteroatoms. The standard InChI is InChI=1S/C16H21N/c1-2-4-12(5-3-1)9-17-10-15-13-6-7-14(8-13)16(15)11-17/h1-5,13-16H,6-11H2. The fourth-order valence-electron chi connectivity index (χ4n) is 4.74. The van der Waals surface area contributed by atoms with Crippen LogP contribution in [0.25, 0.3) is 0 Å². The van der Waals surface area contributed by atoms with Crippen molar-refractivity contribution in [2.75, 3.05) is 13.1 Å². The SMILES string of the molecule is c1ccc(CN2CC3C4CCC(C4)C3C2)cc1. The molecule has 1 aromatic rings. The van der Waals surface area contributed by atoms with E-state index in [0.29, 0.717) is 0 Å². The minimum atomic E-state index is 1.05. The van der Waals surface area contributed by atoms with E-state index < -0.39 is 0 Å². The van der Waals surface area contributed by atoms with Crippen molar-refractivity contribution >= 4 is 0 Å². The molecule has 0 N–H and O–H groups in total. The highest BCUT2D eigenvalue weighted by Crippen LogP contribution is 2.55. The van der Waals surface area contributed by atoms with Gasteiger partial charge in [-0.1, -0.05) is 30.3 Å². The van der Waals surface area contributed by atoms with Crippen molar-refractivity contribution in [2.45, 2.75) is 25.8 Å². The topological polar surface area (TPSA) is 3.24 Å². The Morgan fingerprint density at radius 2 is 1.59 bits per heavy atom. The van der Waals surface area contributed by atoms with E-state index in [1.165, 1.54) is 38.0 Å². The van der Waals surface area contributed by atoms with Gasteiger partial charge >= 0.3 is 0 Å². The Morgan fingerprint density at radius 3 is 2.24 bits per heavy atom. The summed E-state index contributed by atoms with van der Waals surface area (Å²) in [6.45, 7) is 3.93. The number of benzene rings is 1. The highest BCUT2D eigenvalue weighted by Gasteiger charge is 2.51. The zero-order valence-electron chi connectivity index (χ0n) is 10.4. The summed E-state index contributed by atoms with van der Waals surface area (Å²) < 4.78 is 0. The van der Waals surface area contributed by atoms with Gasteiger partial charge in [0, 0.05) is 19.6 Å². The molecule has 4 rings (SSSR count). The van der Waals surface area contributed by atoms with Crippen molar-refractivity contribution in [3.05, 3.63) is 35.9 Å². The molecule has 0 spiro atoms. The molecule has 3 aliphatic rings. The average molecular weight is 227 g/mol. The maximum absolute atomic E-state index is 2.70. The third-order valence-electron chi connectivity index (χ3n) is 5.46. The van der Waals surface area contributed by atoms with E-state index in [4.69, 9.17) is 0 Å². The van der Waals surface area contributed by atoms with Crippen LogP contribution >= 0.6 is 0 Å². The number of fused-ring (bicyclic) bond motifs is 5. The van der Waals surface area contributed by atoms with Gasteiger partial charge in [0.05, 0.1) is 0 Å². The zero-order chi connectivity index (χ0) is 11.2. The molecule has 2 aliphatic carbocycles. The van der Waals surface area contributed by atoms with Crippen molar-refractivity contribution in [2.24, 2.45) is 23.7 Å². The molecule has 3 fully saturated rings. The van der Waals surface area contributed by atoms with E-state index in [1.54, 1.807) is 6.42 Å². The first kappa shape index (κ1) is 10.1. The predicted molar refractivity (Wildman–Crippen MR) is 69.5 cm³/mol. The molecule has 1 heterocycles. The van der Waals surface area contributed by atoms with E-state index in [9.17, 15) is 0 Å². The highest BCUT2D eigenvalue weighted by atomic mass is 15.2. The maximum Gasteiger partial charge on any atom is 0.0233 e. The van der Waals surface area contributed by atoms with Gasteiger partial charge in [-0.25, -0.2) is 0 Å². The molecule has 0 radical (unpaired) electrons. The first-order valence-electron chi connectivity index (χ1n) is 7.16. The summed E-state index contributed by atoms with van der Waals surface area (Å²) in [6.07, 6.45) is 4.63. The second kappa shape index (κ2) is 3.84. The van der Waals surface area contributed by atoms with Gasteiger partial charge in [0.1, 0.15) is 0 Å². The second-order valence-electron chi connectivity index (χ2n) is 6.34. The van der Waals surface area contributed by atoms with Crippen molar-refractivity contribution in [3.8, 4) is 0 Å². The van der Waals surface area contributed by atoms with Crippen LogP contribution in [-0.2, 0) is 6.54 Å². The summed E-state index contributed by atoms with van der Waals surface area (Å²) in [5, 5.41) is 0. The predicted octanol–water partition coefficient (Wildman–Crippen LogP) is 3.16. The number of hydrogen-bond acceptors (Lipinski definition) is 1. The maximum atomic E-state index is 2.70. The summed E-state index contributed by atoms with van der Waals surface area (Å²) >= 11 is 0. The third kappa shape index (κ3) is 1.63. The lowest BCUT2D eigenvalue weighted by atomic mass is 9.82. The molecule has 1 aliphatic heterocycles. The number of likely N-dealkylation sites (tertiary alicyclic amines) is 1. The first-order valence-corrected chi connectivity index (χ1v) is 7.16. The van der Waals surface area contributed by atoms with Crippen LogP contribution in [0.15, 0.2) is 30.3 Å². The van der Waals surface area contributed by atoms with Gasteiger partial charge in [0.2, 0.25) is 0 Å². The van der Waals surface area contributed by atoms with E-state index in [1.807, 2.05) is 0 Å². The molecule has 2 bridgehead atoms. The van der Waals surface area contributed by atoms with Crippen molar-refractivity contribution in [3.63, 3.8) is 0 Å². The molecule has 4 atom stereocenters. The summed E-state index contributed by atoms with van der Waals surface area (Å²) in [5.74, 6) is 4.28. The Morgan fingerprint density at radius 1 is 0.941 bits per heavy atom. The molecule has 0 aromatic heterocycles. The summed E-state index contributed by atoms with van der Waals surface area (Å²) in [4.78, 5) is 2.70. The fourth-order valence-corrected chi connectivity index (χ4v) is 4.74. The molecule has 17 heavy (non-hydrogen) atoms. The molecular weight excluding hydrogens is 206 g/mol. The van der Waals surface area contributed by atoms with Crippen LogP contribution in [-0.4, -0.2) is 18.0 Å². The van der Waals surface area contributed by atoms with Crippen LogP contribution < -0.4 is 0 Å². The van der Waals surface area contributed by atoms with Crippen molar-refractivity contribution < 1.29 is 0 Å². The molecule has 0 amide bonds. The Hall–Kier alpha value is -0.820. The van der Waals surface area contributed by atoms with Crippen LogP contribution in [0.4, 0.5) is 0 Å². The van der Waals surface area contributed by atoms with Crippen LogP contribution in [0.2, 0.25) is 0 Å². The lowest BCUT2D eigenvalue weighted by molar-refractivity contribution is 0.281. The number of rotatable bonds is 2. The van der Waals surface area contributed by atoms with Crippen LogP contribution in [0.1, 0.15) is 24.8 Å². The highest BCUT2D eigenvalue weighted by molar-refractivity contribution is 5.15. The minimum Gasteiger partial charge on any atom is -0.298 e. The Kier molecular flexibility index (Phi) is 2.29. The molecule has 1 nitrogen and oxygen atoms in total. The summed E-state index contributed by atoms with van der Waals surface area (Å²) in [6, 6.07) is 11.0. The normalized spacial score (nSPS) is 39.8. The van der Waals surface area contributed by atoms with Crippen molar-refractivity contribution in [1.29, 1.82) is 0 Å². The molecular formula is C16H21N. The van der Waals surface area contributed by atoms with Crippen LogP contribution in [0.5, 0.6) is 0 Å². The second-order valence-corrected chi connectivity index (χ2v) is 6.34. The monoisotopic (exact) mass is 227 g/mol. The summed E-state index contributed by atoms with van der Waals surface area (Å²) in [5.41, 5.74) is 1.49. The Bertz CT molecular complexity index is 381. The van der Waals surface area contributed by atoms with Gasteiger partial charge in [-0.3, -0.25) is 4.90 Å². The lowest BCUT2D eigenvalue weighted by Crippen LogP contribution is -2.22. The molecule has 2 saturated carbocycles. The Balaban J connectivity index is 1.46. The molecule has 90 valence electrons. The van der Waals surface area contributed by atoms with Gasteiger partial charge in [0.15, 0.2) is 0 Å². The van der Waals surface area contributed by atoms with Gasteiger partial charge in [-0.15, -0.1) is 0 Å².